The monoisotopic (exact) mass is 429 g/mol. The number of rotatable bonds is 6. The average molecular weight is 430 g/mol. The fourth-order valence-corrected chi connectivity index (χ4v) is 4.49. The average Bonchev–Trinajstić information content (AvgIpc) is 2.74. The van der Waals surface area contributed by atoms with Gasteiger partial charge in [0.05, 0.1) is 29.5 Å². The molecular formula is C22H27N3O4S. The van der Waals surface area contributed by atoms with Crippen molar-refractivity contribution in [3.8, 4) is 0 Å². The van der Waals surface area contributed by atoms with Crippen molar-refractivity contribution < 1.29 is 18.0 Å². The molecule has 1 fully saturated rings. The number of sulfonamides is 1. The van der Waals surface area contributed by atoms with Gasteiger partial charge in [-0.25, -0.2) is 12.7 Å². The summed E-state index contributed by atoms with van der Waals surface area (Å²) < 4.78 is 25.0. The first-order valence-corrected chi connectivity index (χ1v) is 11.8. The van der Waals surface area contributed by atoms with Crippen LogP contribution in [0.25, 0.3) is 0 Å². The Morgan fingerprint density at radius 3 is 2.43 bits per heavy atom. The van der Waals surface area contributed by atoms with Gasteiger partial charge in [0.25, 0.3) is 5.91 Å². The second kappa shape index (κ2) is 9.40. The standard InChI is InChI=1S/C22H27N3O4S/c1-16(17-9-4-3-5-10-17)23-22(27)19-12-6-7-13-20(19)24-21(26)18-11-8-14-25(15-18)30(2,28)29/h3-7,9-10,12-13,16,18H,8,11,14-15H2,1-2H3,(H,23,27)(H,24,26). The van der Waals surface area contributed by atoms with Crippen molar-refractivity contribution in [2.45, 2.75) is 25.8 Å². The van der Waals surface area contributed by atoms with Crippen LogP contribution in [-0.4, -0.2) is 43.9 Å². The summed E-state index contributed by atoms with van der Waals surface area (Å²) in [6.45, 7) is 2.49. The van der Waals surface area contributed by atoms with E-state index in [4.69, 9.17) is 0 Å². The number of carbonyl (C=O) groups excluding carboxylic acids is 2. The van der Waals surface area contributed by atoms with E-state index in [0.717, 1.165) is 11.8 Å². The first-order chi connectivity index (χ1) is 14.3. The van der Waals surface area contributed by atoms with E-state index in [9.17, 15) is 18.0 Å². The summed E-state index contributed by atoms with van der Waals surface area (Å²) in [4.78, 5) is 25.6. The van der Waals surface area contributed by atoms with E-state index in [1.54, 1.807) is 24.3 Å². The largest absolute Gasteiger partial charge is 0.345 e. The minimum atomic E-state index is -3.34. The van der Waals surface area contributed by atoms with Gasteiger partial charge in [0.1, 0.15) is 0 Å². The van der Waals surface area contributed by atoms with E-state index >= 15 is 0 Å². The molecule has 2 amide bonds. The van der Waals surface area contributed by atoms with Crippen LogP contribution in [0, 0.1) is 5.92 Å². The molecule has 0 radical (unpaired) electrons. The van der Waals surface area contributed by atoms with E-state index in [0.29, 0.717) is 30.6 Å². The van der Waals surface area contributed by atoms with Gasteiger partial charge in [0, 0.05) is 13.1 Å². The van der Waals surface area contributed by atoms with Crippen LogP contribution < -0.4 is 10.6 Å². The van der Waals surface area contributed by atoms with Gasteiger partial charge in [-0.05, 0) is 37.5 Å². The zero-order chi connectivity index (χ0) is 21.7. The number of nitrogens with one attached hydrogen (secondary N) is 2. The minimum Gasteiger partial charge on any atom is -0.345 e. The molecule has 2 unspecified atom stereocenters. The lowest BCUT2D eigenvalue weighted by atomic mass is 9.98. The summed E-state index contributed by atoms with van der Waals surface area (Å²) in [5.74, 6) is -1.02. The summed E-state index contributed by atoms with van der Waals surface area (Å²) in [6.07, 6.45) is 2.39. The second-order valence-electron chi connectivity index (χ2n) is 7.60. The van der Waals surface area contributed by atoms with Gasteiger partial charge < -0.3 is 10.6 Å². The molecule has 30 heavy (non-hydrogen) atoms. The molecule has 1 aliphatic rings. The summed E-state index contributed by atoms with van der Waals surface area (Å²) in [5.41, 5.74) is 1.76. The third-order valence-electron chi connectivity index (χ3n) is 5.30. The SMILES string of the molecule is CC(NC(=O)c1ccccc1NC(=O)C1CCCN(S(C)(=O)=O)C1)c1ccccc1. The van der Waals surface area contributed by atoms with Gasteiger partial charge in [-0.1, -0.05) is 42.5 Å². The molecule has 1 saturated heterocycles. The Morgan fingerprint density at radius 2 is 1.73 bits per heavy atom. The Kier molecular flexibility index (Phi) is 6.89. The Balaban J connectivity index is 1.70. The maximum atomic E-state index is 12.8. The molecule has 2 atom stereocenters. The number of carbonyl (C=O) groups is 2. The normalized spacial score (nSPS) is 18.4. The van der Waals surface area contributed by atoms with Crippen LogP contribution in [0.1, 0.15) is 41.7 Å². The van der Waals surface area contributed by atoms with Crippen LogP contribution in [0.2, 0.25) is 0 Å². The van der Waals surface area contributed by atoms with E-state index in [1.165, 1.54) is 4.31 Å². The van der Waals surface area contributed by atoms with Crippen molar-refractivity contribution >= 4 is 27.5 Å². The first-order valence-electron chi connectivity index (χ1n) is 9.96. The lowest BCUT2D eigenvalue weighted by Gasteiger charge is -2.30. The Morgan fingerprint density at radius 1 is 1.07 bits per heavy atom. The van der Waals surface area contributed by atoms with Crippen molar-refractivity contribution in [3.63, 3.8) is 0 Å². The number of hydrogen-bond acceptors (Lipinski definition) is 4. The molecule has 0 aliphatic carbocycles. The number of amides is 2. The summed E-state index contributed by atoms with van der Waals surface area (Å²) in [7, 11) is -3.34. The minimum absolute atomic E-state index is 0.157. The predicted molar refractivity (Wildman–Crippen MR) is 117 cm³/mol. The number of anilines is 1. The summed E-state index contributed by atoms with van der Waals surface area (Å²) >= 11 is 0. The number of hydrogen-bond donors (Lipinski definition) is 2. The molecule has 0 saturated carbocycles. The van der Waals surface area contributed by atoms with Gasteiger partial charge in [0.2, 0.25) is 15.9 Å². The molecule has 1 aliphatic heterocycles. The van der Waals surface area contributed by atoms with Crippen LogP contribution in [0.3, 0.4) is 0 Å². The summed E-state index contributed by atoms with van der Waals surface area (Å²) in [5, 5.41) is 5.78. The zero-order valence-corrected chi connectivity index (χ0v) is 18.0. The molecular weight excluding hydrogens is 402 g/mol. The van der Waals surface area contributed by atoms with Gasteiger partial charge in [0.15, 0.2) is 0 Å². The lowest BCUT2D eigenvalue weighted by molar-refractivity contribution is -0.120. The predicted octanol–water partition coefficient (Wildman–Crippen LogP) is 2.79. The summed E-state index contributed by atoms with van der Waals surface area (Å²) in [6, 6.07) is 16.3. The topological polar surface area (TPSA) is 95.6 Å². The first kappa shape index (κ1) is 22.0. The molecule has 7 nitrogen and oxygen atoms in total. The number of para-hydroxylation sites is 1. The van der Waals surface area contributed by atoms with Crippen LogP contribution in [0.4, 0.5) is 5.69 Å². The molecule has 0 spiro atoms. The fraction of sp³-hybridized carbons (Fsp3) is 0.364. The van der Waals surface area contributed by atoms with Crippen LogP contribution in [0.15, 0.2) is 54.6 Å². The van der Waals surface area contributed by atoms with Crippen LogP contribution in [-0.2, 0) is 14.8 Å². The molecule has 8 heteroatoms. The Bertz CT molecular complexity index is 1010. The molecule has 0 aromatic heterocycles. The van der Waals surface area contributed by atoms with Crippen molar-refractivity contribution in [1.29, 1.82) is 0 Å². The van der Waals surface area contributed by atoms with E-state index < -0.39 is 15.9 Å². The number of piperidine rings is 1. The van der Waals surface area contributed by atoms with Crippen molar-refractivity contribution in [2.24, 2.45) is 5.92 Å². The maximum Gasteiger partial charge on any atom is 0.253 e. The van der Waals surface area contributed by atoms with Crippen molar-refractivity contribution in [1.82, 2.24) is 9.62 Å². The molecule has 2 aromatic rings. The van der Waals surface area contributed by atoms with Gasteiger partial charge in [-0.3, -0.25) is 9.59 Å². The highest BCUT2D eigenvalue weighted by molar-refractivity contribution is 7.88. The van der Waals surface area contributed by atoms with E-state index in [-0.39, 0.29) is 24.4 Å². The van der Waals surface area contributed by atoms with Crippen LogP contribution >= 0.6 is 0 Å². The zero-order valence-electron chi connectivity index (χ0n) is 17.2. The quantitative estimate of drug-likeness (QED) is 0.738. The van der Waals surface area contributed by atoms with Gasteiger partial charge in [-0.2, -0.15) is 0 Å². The number of benzene rings is 2. The van der Waals surface area contributed by atoms with Crippen molar-refractivity contribution in [2.75, 3.05) is 24.7 Å². The molecule has 1 heterocycles. The molecule has 3 rings (SSSR count). The van der Waals surface area contributed by atoms with Gasteiger partial charge >= 0.3 is 0 Å². The highest BCUT2D eigenvalue weighted by atomic mass is 32.2. The molecule has 2 N–H and O–H groups in total. The smallest absolute Gasteiger partial charge is 0.253 e. The highest BCUT2D eigenvalue weighted by Crippen LogP contribution is 2.23. The molecule has 160 valence electrons. The third kappa shape index (κ3) is 5.46. The number of nitrogens with zero attached hydrogens (tertiary/aromatic N) is 1. The Hall–Kier alpha value is -2.71. The Labute approximate surface area is 177 Å². The fourth-order valence-electron chi connectivity index (χ4n) is 3.58. The lowest BCUT2D eigenvalue weighted by Crippen LogP contribution is -2.43. The molecule has 2 aromatic carbocycles. The second-order valence-corrected chi connectivity index (χ2v) is 9.58. The van der Waals surface area contributed by atoms with Crippen molar-refractivity contribution in [3.05, 3.63) is 65.7 Å². The van der Waals surface area contributed by atoms with E-state index in [1.807, 2.05) is 37.3 Å². The van der Waals surface area contributed by atoms with Gasteiger partial charge in [-0.15, -0.1) is 0 Å². The van der Waals surface area contributed by atoms with Crippen LogP contribution in [0.5, 0.6) is 0 Å². The maximum absolute atomic E-state index is 12.8. The molecule has 0 bridgehead atoms. The third-order valence-corrected chi connectivity index (χ3v) is 6.57. The van der Waals surface area contributed by atoms with E-state index in [2.05, 4.69) is 10.6 Å². The highest BCUT2D eigenvalue weighted by Gasteiger charge is 2.30.